The van der Waals surface area contributed by atoms with Gasteiger partial charge >= 0.3 is 0 Å². The van der Waals surface area contributed by atoms with E-state index >= 15 is 0 Å². The van der Waals surface area contributed by atoms with Gasteiger partial charge in [-0.3, -0.25) is 0 Å². The van der Waals surface area contributed by atoms with E-state index < -0.39 is 68.3 Å². The number of hydrogen-bond donors (Lipinski definition) is 0. The molecular weight excluding hydrogens is 362 g/mol. The second-order valence-corrected chi connectivity index (χ2v) is 4.83. The van der Waals surface area contributed by atoms with Gasteiger partial charge in [-0.1, -0.05) is 0 Å². The molecule has 1 aliphatic rings. The van der Waals surface area contributed by atoms with Crippen LogP contribution in [-0.4, -0.2) is 6.17 Å². The largest absolute Gasteiger partial charge is 0.239 e. The fourth-order valence-corrected chi connectivity index (χ4v) is 2.45. The highest BCUT2D eigenvalue weighted by molar-refractivity contribution is 5.74. The van der Waals surface area contributed by atoms with Crippen LogP contribution in [0.1, 0.15) is 11.7 Å². The van der Waals surface area contributed by atoms with Gasteiger partial charge in [0, 0.05) is 5.56 Å². The Hall–Kier alpha value is -3.76. The SMILES string of the molecule is N#CC(C#N)=C1C(F)=c2c(F)c(F)c(=C(C#N)C#N)c(F)c2C(F)[C@@H]1F. The molecule has 0 saturated heterocycles. The number of rotatable bonds is 0. The molecule has 26 heavy (non-hydrogen) atoms. The van der Waals surface area contributed by atoms with E-state index in [1.165, 1.54) is 0 Å². The van der Waals surface area contributed by atoms with Gasteiger partial charge in [0.15, 0.2) is 24.0 Å². The average molecular weight is 364 g/mol. The number of fused-ring (bicyclic) bond motifs is 1. The molecule has 0 aliphatic heterocycles. The predicted octanol–water partition coefficient (Wildman–Crippen LogP) is 2.09. The third-order valence-electron chi connectivity index (χ3n) is 3.59. The summed E-state index contributed by atoms with van der Waals surface area (Å²) in [7, 11) is 0. The Morgan fingerprint density at radius 1 is 0.692 bits per heavy atom. The summed E-state index contributed by atoms with van der Waals surface area (Å²) in [6.07, 6.45) is -6.19. The van der Waals surface area contributed by atoms with E-state index in [2.05, 4.69) is 0 Å². The Balaban J connectivity index is 3.28. The van der Waals surface area contributed by atoms with Crippen molar-refractivity contribution in [2.45, 2.75) is 12.3 Å². The highest BCUT2D eigenvalue weighted by Crippen LogP contribution is 2.38. The van der Waals surface area contributed by atoms with Crippen LogP contribution in [0.5, 0.6) is 0 Å². The van der Waals surface area contributed by atoms with Crippen molar-refractivity contribution in [1.82, 2.24) is 0 Å². The Morgan fingerprint density at radius 3 is 1.65 bits per heavy atom. The van der Waals surface area contributed by atoms with Crippen molar-refractivity contribution in [2.24, 2.45) is 0 Å². The number of benzene rings is 1. The van der Waals surface area contributed by atoms with E-state index in [9.17, 15) is 26.3 Å². The molecule has 0 heterocycles. The van der Waals surface area contributed by atoms with Crippen LogP contribution in [0.2, 0.25) is 0 Å². The third kappa shape index (κ3) is 2.37. The number of nitriles is 4. The topological polar surface area (TPSA) is 95.2 Å². The fourth-order valence-electron chi connectivity index (χ4n) is 2.45. The fraction of sp³-hybridized carbons (Fsp3) is 0.125. The summed E-state index contributed by atoms with van der Waals surface area (Å²) in [6.45, 7) is 0. The van der Waals surface area contributed by atoms with Crippen molar-refractivity contribution in [2.75, 3.05) is 0 Å². The molecule has 1 aromatic carbocycles. The minimum atomic E-state index is -3.12. The van der Waals surface area contributed by atoms with Crippen LogP contribution in [0.3, 0.4) is 0 Å². The maximum absolute atomic E-state index is 14.4. The molecule has 0 radical (unpaired) electrons. The molecule has 0 spiro atoms. The molecule has 0 aromatic heterocycles. The van der Waals surface area contributed by atoms with Gasteiger partial charge < -0.3 is 0 Å². The monoisotopic (exact) mass is 364 g/mol. The highest BCUT2D eigenvalue weighted by Gasteiger charge is 2.41. The molecule has 10 heteroatoms. The lowest BCUT2D eigenvalue weighted by Gasteiger charge is -2.23. The quantitative estimate of drug-likeness (QED) is 0.400. The van der Waals surface area contributed by atoms with Gasteiger partial charge in [-0.05, 0) is 0 Å². The summed E-state index contributed by atoms with van der Waals surface area (Å²) in [4.78, 5) is 0. The van der Waals surface area contributed by atoms with Gasteiger partial charge in [0.25, 0.3) is 0 Å². The molecule has 2 rings (SSSR count). The van der Waals surface area contributed by atoms with Gasteiger partial charge in [-0.15, -0.1) is 0 Å². The van der Waals surface area contributed by atoms with Crippen molar-refractivity contribution in [3.63, 3.8) is 0 Å². The van der Waals surface area contributed by atoms with Crippen molar-refractivity contribution < 1.29 is 26.3 Å². The zero-order chi connectivity index (χ0) is 19.8. The summed E-state index contributed by atoms with van der Waals surface area (Å²) < 4.78 is 85.7. The van der Waals surface area contributed by atoms with Crippen LogP contribution >= 0.6 is 0 Å². The standard InChI is InChI=1S/C16H2F6N4/c17-11-7(5(1-23)2-24)13(19)15(21)10-9(11)16(22)14(20)8(12(10)18)6(3-25)4-26/h13,15H/t13-,15?/m1/s1. The van der Waals surface area contributed by atoms with Gasteiger partial charge in [-0.2, -0.15) is 21.0 Å². The van der Waals surface area contributed by atoms with Crippen molar-refractivity contribution in [3.8, 4) is 24.3 Å². The number of allylic oxidation sites excluding steroid dienone is 2. The van der Waals surface area contributed by atoms with Crippen LogP contribution in [0.15, 0.2) is 11.1 Å². The molecule has 128 valence electrons. The molecule has 0 N–H and O–H groups in total. The first-order valence-electron chi connectivity index (χ1n) is 6.50. The Bertz CT molecular complexity index is 1120. The van der Waals surface area contributed by atoms with Crippen LogP contribution in [0, 0.1) is 62.8 Å². The van der Waals surface area contributed by atoms with Crippen molar-refractivity contribution >= 4 is 11.4 Å². The van der Waals surface area contributed by atoms with E-state index in [0.29, 0.717) is 0 Å². The maximum Gasteiger partial charge on any atom is 0.171 e. The normalized spacial score (nSPS) is 18.1. The second kappa shape index (κ2) is 6.63. The Kier molecular flexibility index (Phi) is 4.73. The lowest BCUT2D eigenvalue weighted by Crippen LogP contribution is -2.38. The maximum atomic E-state index is 14.4. The first kappa shape index (κ1) is 18.6. The van der Waals surface area contributed by atoms with Gasteiger partial charge in [0.1, 0.15) is 47.1 Å². The smallest absolute Gasteiger partial charge is 0.171 e. The summed E-state index contributed by atoms with van der Waals surface area (Å²) >= 11 is 0. The number of alkyl halides is 2. The number of hydrogen-bond acceptors (Lipinski definition) is 4. The average Bonchev–Trinajstić information content (AvgIpc) is 2.63. The first-order chi connectivity index (χ1) is 12.3. The van der Waals surface area contributed by atoms with Crippen LogP contribution in [0.25, 0.3) is 11.4 Å². The lowest BCUT2D eigenvalue weighted by atomic mass is 9.87. The van der Waals surface area contributed by atoms with Crippen LogP contribution in [0.4, 0.5) is 26.3 Å². The zero-order valence-corrected chi connectivity index (χ0v) is 12.2. The summed E-state index contributed by atoms with van der Waals surface area (Å²) in [5.41, 5.74) is -5.59. The molecule has 0 saturated carbocycles. The van der Waals surface area contributed by atoms with E-state index in [0.717, 1.165) is 24.3 Å². The minimum Gasteiger partial charge on any atom is -0.239 e. The highest BCUT2D eigenvalue weighted by atomic mass is 19.2. The lowest BCUT2D eigenvalue weighted by molar-refractivity contribution is 0.187. The molecule has 0 amide bonds. The molecule has 2 atom stereocenters. The minimum absolute atomic E-state index is 1.06. The second-order valence-electron chi connectivity index (χ2n) is 4.83. The van der Waals surface area contributed by atoms with Crippen LogP contribution < -0.4 is 10.4 Å². The summed E-state index contributed by atoms with van der Waals surface area (Å²) in [5, 5.41) is 31.5. The van der Waals surface area contributed by atoms with E-state index in [4.69, 9.17) is 21.0 Å². The van der Waals surface area contributed by atoms with Gasteiger partial charge in [-0.25, -0.2) is 26.3 Å². The molecule has 0 bridgehead atoms. The molecule has 4 nitrogen and oxygen atoms in total. The Labute approximate surface area is 141 Å². The molecule has 1 unspecified atom stereocenters. The van der Waals surface area contributed by atoms with Gasteiger partial charge in [0.05, 0.1) is 16.0 Å². The summed E-state index contributed by atoms with van der Waals surface area (Å²) in [6, 6.07) is 4.29. The van der Waals surface area contributed by atoms with E-state index in [1.807, 2.05) is 0 Å². The Morgan fingerprint density at radius 2 is 1.19 bits per heavy atom. The molecule has 1 aliphatic carbocycles. The number of nitrogens with zero attached hydrogens (tertiary/aromatic N) is 4. The van der Waals surface area contributed by atoms with Crippen LogP contribution in [-0.2, 0) is 0 Å². The van der Waals surface area contributed by atoms with E-state index in [-0.39, 0.29) is 0 Å². The molecule has 1 aromatic rings. The first-order valence-corrected chi connectivity index (χ1v) is 6.50. The third-order valence-corrected chi connectivity index (χ3v) is 3.59. The molecule has 0 fully saturated rings. The van der Waals surface area contributed by atoms with E-state index in [1.54, 1.807) is 0 Å². The number of halogens is 6. The molecular formula is C16H2F6N4. The summed E-state index contributed by atoms with van der Waals surface area (Å²) in [5.74, 6) is -8.43. The van der Waals surface area contributed by atoms with Crippen molar-refractivity contribution in [1.29, 1.82) is 21.0 Å². The predicted molar refractivity (Wildman–Crippen MR) is 71.7 cm³/mol. The van der Waals surface area contributed by atoms with Gasteiger partial charge in [0.2, 0.25) is 0 Å². The zero-order valence-electron chi connectivity index (χ0n) is 12.2. The van der Waals surface area contributed by atoms with Crippen molar-refractivity contribution in [3.05, 3.63) is 44.6 Å².